The van der Waals surface area contributed by atoms with Crippen molar-refractivity contribution in [3.8, 4) is 0 Å². The van der Waals surface area contributed by atoms with Gasteiger partial charge in [-0.2, -0.15) is 5.10 Å². The molecule has 0 saturated carbocycles. The average molecular weight is 363 g/mol. The van der Waals surface area contributed by atoms with Crippen LogP contribution in [0.4, 0.5) is 5.69 Å². The average Bonchev–Trinajstić information content (AvgIpc) is 2.45. The number of aromatic nitrogens is 2. The standard InChI is InChI=1S/C13H23BrN4O3/c1-17(2)5-6-18-13(19)12(14)11(10-16-18)15-4-7-21-9-8-20-3/h10,15H,4-9H2,1-3H3. The SMILES string of the molecule is COCCOCCNc1cnn(CCN(C)C)c(=O)c1Br. The highest BCUT2D eigenvalue weighted by Crippen LogP contribution is 2.15. The Kier molecular flexibility index (Phi) is 8.51. The lowest BCUT2D eigenvalue weighted by atomic mass is 10.4. The lowest BCUT2D eigenvalue weighted by molar-refractivity contribution is 0.0759. The third-order valence-electron chi connectivity index (χ3n) is 2.74. The van der Waals surface area contributed by atoms with Gasteiger partial charge in [-0.25, -0.2) is 4.68 Å². The van der Waals surface area contributed by atoms with Gasteiger partial charge in [0.05, 0.1) is 38.2 Å². The van der Waals surface area contributed by atoms with Crippen LogP contribution < -0.4 is 10.9 Å². The molecule has 1 N–H and O–H groups in total. The van der Waals surface area contributed by atoms with Crippen molar-refractivity contribution in [3.63, 3.8) is 0 Å². The summed E-state index contributed by atoms with van der Waals surface area (Å²) in [5.74, 6) is 0. The largest absolute Gasteiger partial charge is 0.382 e. The third kappa shape index (κ3) is 6.56. The topological polar surface area (TPSA) is 68.6 Å². The number of ether oxygens (including phenoxy) is 2. The fourth-order valence-electron chi connectivity index (χ4n) is 1.54. The first-order valence-corrected chi connectivity index (χ1v) is 7.56. The minimum atomic E-state index is -0.137. The number of methoxy groups -OCH3 is 1. The van der Waals surface area contributed by atoms with Gasteiger partial charge in [0.15, 0.2) is 0 Å². The Morgan fingerprint density at radius 2 is 2.14 bits per heavy atom. The molecule has 0 fully saturated rings. The van der Waals surface area contributed by atoms with Crippen LogP contribution >= 0.6 is 15.9 Å². The quantitative estimate of drug-likeness (QED) is 0.616. The molecule has 0 spiro atoms. The van der Waals surface area contributed by atoms with Gasteiger partial charge in [-0.1, -0.05) is 0 Å². The zero-order chi connectivity index (χ0) is 15.7. The summed E-state index contributed by atoms with van der Waals surface area (Å²) in [5, 5.41) is 7.29. The summed E-state index contributed by atoms with van der Waals surface area (Å²) < 4.78 is 12.2. The van der Waals surface area contributed by atoms with Gasteiger partial charge in [0.25, 0.3) is 5.56 Å². The van der Waals surface area contributed by atoms with Crippen molar-refractivity contribution in [2.75, 3.05) is 59.4 Å². The van der Waals surface area contributed by atoms with Crippen LogP contribution in [-0.2, 0) is 16.0 Å². The van der Waals surface area contributed by atoms with Crippen LogP contribution in [0.5, 0.6) is 0 Å². The van der Waals surface area contributed by atoms with E-state index < -0.39 is 0 Å². The van der Waals surface area contributed by atoms with Gasteiger partial charge in [0.2, 0.25) is 0 Å². The molecule has 0 radical (unpaired) electrons. The Balaban J connectivity index is 2.49. The Morgan fingerprint density at radius 3 is 2.81 bits per heavy atom. The number of nitrogens with one attached hydrogen (secondary N) is 1. The summed E-state index contributed by atoms with van der Waals surface area (Å²) in [6.07, 6.45) is 1.65. The number of likely N-dealkylation sites (N-methyl/N-ethyl adjacent to an activating group) is 1. The summed E-state index contributed by atoms with van der Waals surface area (Å²) in [6.45, 7) is 3.60. The second-order valence-corrected chi connectivity index (χ2v) is 5.53. The lowest BCUT2D eigenvalue weighted by Gasteiger charge is -2.13. The van der Waals surface area contributed by atoms with Crippen molar-refractivity contribution in [1.82, 2.24) is 14.7 Å². The molecule has 0 atom stereocenters. The smallest absolute Gasteiger partial charge is 0.283 e. The normalized spacial score (nSPS) is 11.1. The van der Waals surface area contributed by atoms with Crippen molar-refractivity contribution in [1.29, 1.82) is 0 Å². The highest BCUT2D eigenvalue weighted by atomic mass is 79.9. The van der Waals surface area contributed by atoms with E-state index in [1.807, 2.05) is 19.0 Å². The predicted octanol–water partition coefficient (Wildman–Crippen LogP) is 0.642. The summed E-state index contributed by atoms with van der Waals surface area (Å²) in [7, 11) is 5.55. The van der Waals surface area contributed by atoms with Crippen LogP contribution in [0, 0.1) is 0 Å². The Morgan fingerprint density at radius 1 is 1.38 bits per heavy atom. The van der Waals surface area contributed by atoms with Crippen molar-refractivity contribution in [2.45, 2.75) is 6.54 Å². The molecule has 1 heterocycles. The zero-order valence-electron chi connectivity index (χ0n) is 12.8. The molecule has 21 heavy (non-hydrogen) atoms. The van der Waals surface area contributed by atoms with Gasteiger partial charge in [-0.3, -0.25) is 4.79 Å². The number of nitrogens with zero attached hydrogens (tertiary/aromatic N) is 3. The van der Waals surface area contributed by atoms with Gasteiger partial charge in [0, 0.05) is 20.2 Å². The zero-order valence-corrected chi connectivity index (χ0v) is 14.4. The van der Waals surface area contributed by atoms with E-state index in [1.165, 1.54) is 4.68 Å². The van der Waals surface area contributed by atoms with Crippen molar-refractivity contribution in [2.24, 2.45) is 0 Å². The van der Waals surface area contributed by atoms with E-state index in [2.05, 4.69) is 26.3 Å². The van der Waals surface area contributed by atoms with Crippen LogP contribution in [-0.4, -0.2) is 68.8 Å². The maximum atomic E-state index is 12.1. The molecule has 0 aliphatic rings. The van der Waals surface area contributed by atoms with E-state index in [-0.39, 0.29) is 5.56 Å². The summed E-state index contributed by atoms with van der Waals surface area (Å²) in [6, 6.07) is 0. The minimum absolute atomic E-state index is 0.137. The number of anilines is 1. The Bertz CT molecular complexity index is 479. The van der Waals surface area contributed by atoms with E-state index in [0.717, 1.165) is 6.54 Å². The summed E-state index contributed by atoms with van der Waals surface area (Å²) >= 11 is 3.32. The third-order valence-corrected chi connectivity index (χ3v) is 3.50. The summed E-state index contributed by atoms with van der Waals surface area (Å²) in [4.78, 5) is 14.1. The molecule has 0 amide bonds. The summed E-state index contributed by atoms with van der Waals surface area (Å²) in [5.41, 5.74) is 0.540. The Labute approximate surface area is 133 Å². The fourth-order valence-corrected chi connectivity index (χ4v) is 1.99. The van der Waals surface area contributed by atoms with Crippen LogP contribution in [0.1, 0.15) is 0 Å². The van der Waals surface area contributed by atoms with Crippen LogP contribution in [0.2, 0.25) is 0 Å². The number of hydrogen-bond acceptors (Lipinski definition) is 6. The molecule has 0 aromatic carbocycles. The first-order chi connectivity index (χ1) is 10.1. The molecule has 1 rings (SSSR count). The van der Waals surface area contributed by atoms with Crippen molar-refractivity contribution < 1.29 is 9.47 Å². The monoisotopic (exact) mass is 362 g/mol. The molecular weight excluding hydrogens is 340 g/mol. The first-order valence-electron chi connectivity index (χ1n) is 6.77. The molecule has 0 unspecified atom stereocenters. The maximum Gasteiger partial charge on any atom is 0.283 e. The number of rotatable bonds is 10. The van der Waals surface area contributed by atoms with E-state index in [9.17, 15) is 4.79 Å². The molecule has 7 nitrogen and oxygen atoms in total. The molecule has 8 heteroatoms. The number of hydrogen-bond donors (Lipinski definition) is 1. The molecule has 1 aromatic heterocycles. The second-order valence-electron chi connectivity index (χ2n) is 4.74. The van der Waals surface area contributed by atoms with Crippen LogP contribution in [0.3, 0.4) is 0 Å². The van der Waals surface area contributed by atoms with Crippen LogP contribution in [0.25, 0.3) is 0 Å². The Hall–Kier alpha value is -0.960. The van der Waals surface area contributed by atoms with Gasteiger partial charge < -0.3 is 19.7 Å². The predicted molar refractivity (Wildman–Crippen MR) is 85.9 cm³/mol. The highest BCUT2D eigenvalue weighted by Gasteiger charge is 2.08. The molecule has 0 saturated heterocycles. The number of halogens is 1. The maximum absolute atomic E-state index is 12.1. The fraction of sp³-hybridized carbons (Fsp3) is 0.692. The lowest BCUT2D eigenvalue weighted by Crippen LogP contribution is -2.29. The van der Waals surface area contributed by atoms with Gasteiger partial charge in [-0.05, 0) is 30.0 Å². The molecule has 0 aliphatic heterocycles. The van der Waals surface area contributed by atoms with Gasteiger partial charge >= 0.3 is 0 Å². The van der Waals surface area contributed by atoms with E-state index >= 15 is 0 Å². The van der Waals surface area contributed by atoms with Gasteiger partial charge in [-0.15, -0.1) is 0 Å². The van der Waals surface area contributed by atoms with Crippen LogP contribution in [0.15, 0.2) is 15.5 Å². The molecule has 1 aromatic rings. The van der Waals surface area contributed by atoms with Crippen molar-refractivity contribution >= 4 is 21.6 Å². The van der Waals surface area contributed by atoms with E-state index in [4.69, 9.17) is 9.47 Å². The van der Waals surface area contributed by atoms with Crippen molar-refractivity contribution in [3.05, 3.63) is 21.0 Å². The first kappa shape index (κ1) is 18.1. The van der Waals surface area contributed by atoms with Gasteiger partial charge in [0.1, 0.15) is 4.47 Å². The molecule has 0 aliphatic carbocycles. The van der Waals surface area contributed by atoms with E-state index in [1.54, 1.807) is 13.3 Å². The highest BCUT2D eigenvalue weighted by molar-refractivity contribution is 9.10. The molecular formula is C13H23BrN4O3. The minimum Gasteiger partial charge on any atom is -0.382 e. The second kappa shape index (κ2) is 9.88. The van der Waals surface area contributed by atoms with E-state index in [0.29, 0.717) is 43.1 Å². The molecule has 0 bridgehead atoms. The molecule has 120 valence electrons.